The molecule has 21 aliphatic rings. The maximum Gasteiger partial charge on any atom is 0.166 e. The molecule has 3 N–H and O–H groups in total. The van der Waals surface area contributed by atoms with Crippen molar-refractivity contribution in [3.8, 4) is 34.5 Å². The van der Waals surface area contributed by atoms with Crippen molar-refractivity contribution >= 4 is 27.5 Å². The quantitative estimate of drug-likeness (QED) is 0.0961. The van der Waals surface area contributed by atoms with Crippen LogP contribution in [0.1, 0.15) is 183 Å². The molecule has 6 heterocycles. The van der Waals surface area contributed by atoms with Crippen molar-refractivity contribution in [2.45, 2.75) is 245 Å². The highest BCUT2D eigenvalue weighted by Crippen LogP contribution is 2.81. The molecule has 15 aliphatic carbocycles. The average molecular weight is 1450 g/mol. The van der Waals surface area contributed by atoms with Gasteiger partial charge in [-0.1, -0.05) is 91.3 Å². The summed E-state index contributed by atoms with van der Waals surface area (Å²) in [5.74, 6) is 6.15. The number of methoxy groups -OCH3 is 3. The van der Waals surface area contributed by atoms with Gasteiger partial charge in [0, 0.05) is 113 Å². The number of phenols is 2. The average Bonchev–Trinajstić information content (AvgIpc) is 1.19. The molecule has 16 heteroatoms. The number of aromatic hydroxyl groups is 2. The van der Waals surface area contributed by atoms with E-state index in [2.05, 4.69) is 93.9 Å². The number of halogens is 1. The summed E-state index contributed by atoms with van der Waals surface area (Å²) >= 11 is 3.98. The number of benzene rings is 4. The third-order valence-corrected chi connectivity index (χ3v) is 33.6. The van der Waals surface area contributed by atoms with Crippen molar-refractivity contribution in [1.82, 2.24) is 14.7 Å². The number of likely N-dealkylation sites (tertiary alicyclic amines) is 3. The van der Waals surface area contributed by atoms with Gasteiger partial charge in [-0.3, -0.25) is 24.3 Å². The lowest BCUT2D eigenvalue weighted by Gasteiger charge is -2.75. The number of hydrogen-bond donors (Lipinski definition) is 3. The Labute approximate surface area is 610 Å². The Morgan fingerprint density at radius 3 is 1.62 bits per heavy atom. The third-order valence-electron chi connectivity index (χ3n) is 32.9. The van der Waals surface area contributed by atoms with Crippen LogP contribution in [0.5, 0.6) is 34.5 Å². The van der Waals surface area contributed by atoms with Crippen molar-refractivity contribution in [3.05, 3.63) is 116 Å². The van der Waals surface area contributed by atoms with E-state index in [0.717, 1.165) is 142 Å². The van der Waals surface area contributed by atoms with Gasteiger partial charge in [0.05, 0.1) is 22.9 Å². The molecule has 10 saturated carbocycles. The zero-order chi connectivity index (χ0) is 70.2. The fourth-order valence-corrected chi connectivity index (χ4v) is 28.1. The highest BCUT2D eigenvalue weighted by atomic mass is 79.9. The molecule has 13 fully saturated rings. The number of ether oxygens (including phenoxy) is 7. The van der Waals surface area contributed by atoms with Crippen LogP contribution in [0, 0.1) is 57.2 Å². The molecule has 4 aromatic carbocycles. The highest BCUT2D eigenvalue weighted by Gasteiger charge is 2.85. The van der Waals surface area contributed by atoms with Crippen LogP contribution in [0.25, 0.3) is 0 Å². The van der Waals surface area contributed by atoms with E-state index in [-0.39, 0.29) is 97.0 Å². The van der Waals surface area contributed by atoms with Gasteiger partial charge in [0.1, 0.15) is 53.3 Å². The topological polar surface area (TPSA) is 169 Å². The highest BCUT2D eigenvalue weighted by molar-refractivity contribution is 9.10. The van der Waals surface area contributed by atoms with Crippen molar-refractivity contribution in [2.24, 2.45) is 57.2 Å². The number of nitrogens with zero attached hydrogens (tertiary/aromatic N) is 3. The van der Waals surface area contributed by atoms with Crippen LogP contribution in [-0.4, -0.2) is 161 Å². The first kappa shape index (κ1) is 66.4. The number of piperidine rings is 3. The normalized spacial score (nSPS) is 41.9. The van der Waals surface area contributed by atoms with Crippen molar-refractivity contribution in [2.75, 3.05) is 60.6 Å². The summed E-state index contributed by atoms with van der Waals surface area (Å²) in [4.78, 5) is 34.5. The van der Waals surface area contributed by atoms with Crippen molar-refractivity contribution in [1.29, 1.82) is 0 Å². The fraction of sp³-hybridized carbons (Fsp3) is 0.674. The van der Waals surface area contributed by atoms with Gasteiger partial charge in [-0.05, 0) is 226 Å². The van der Waals surface area contributed by atoms with Crippen molar-refractivity contribution in [3.63, 3.8) is 0 Å². The zero-order valence-corrected chi connectivity index (χ0v) is 63.1. The van der Waals surface area contributed by atoms with Crippen LogP contribution in [-0.2, 0) is 65.9 Å². The Hall–Kier alpha value is -5.04. The van der Waals surface area contributed by atoms with Crippen LogP contribution < -0.4 is 18.9 Å². The molecule has 0 aromatic heterocycles. The van der Waals surface area contributed by atoms with Crippen LogP contribution in [0.15, 0.2) is 77.3 Å². The molecule has 0 radical (unpaired) electrons. The first-order valence-electron chi connectivity index (χ1n) is 39.5. The second kappa shape index (κ2) is 21.9. The SMILES string of the molecule is CO[C@@]12C=C[C@]3(C[C@H]1C(C)=O)C1Cc4c(Br)cc(OCc5ccccc5)c5c4[C@]3(CCN1CC1CC1)[C@@H]2O5.CO[C@@]12CC[C@]3(C[C@H]1C(C)(O)C(C)(C)C)C1Cc4ccc(O)c5c4[C@]3(CCN1CC1CC1)[C@@H]2O5.CO[C@@]12CC[C@]3(C[C@H]1C(C)=O)C1Cc4ccc(O)c5c4[C@]3(CCN1CC1CC1)[C@@H]2O5. The number of fused-ring (bicyclic) bond motifs is 5. The number of Topliss-reactive ketones (excluding diaryl/α,β-unsaturated/α-hetero) is 2. The molecule has 0 amide bonds. The molecule has 6 aliphatic heterocycles. The Morgan fingerprint density at radius 1 is 0.569 bits per heavy atom. The molecule has 25 rings (SSSR count). The summed E-state index contributed by atoms with van der Waals surface area (Å²) in [5.41, 5.74) is 5.34. The zero-order valence-electron chi connectivity index (χ0n) is 61.5. The third kappa shape index (κ3) is 8.09. The van der Waals surface area contributed by atoms with E-state index in [0.29, 0.717) is 36.2 Å². The molecule has 544 valence electrons. The fourth-order valence-electron chi connectivity index (χ4n) is 27.6. The molecule has 4 aromatic rings. The lowest BCUT2D eigenvalue weighted by atomic mass is 9.33. The summed E-state index contributed by atoms with van der Waals surface area (Å²) in [6.45, 7) is 19.3. The minimum absolute atomic E-state index is 0.0294. The van der Waals surface area contributed by atoms with Gasteiger partial charge < -0.3 is 48.5 Å². The molecule has 102 heavy (non-hydrogen) atoms. The molecule has 3 saturated heterocycles. The van der Waals surface area contributed by atoms with Crippen molar-refractivity contribution < 1.29 is 58.1 Å². The Kier molecular flexibility index (Phi) is 14.2. The molecule has 15 nitrogen and oxygen atoms in total. The molecule has 4 unspecified atom stereocenters. The number of hydrogen-bond acceptors (Lipinski definition) is 15. The minimum atomic E-state index is -0.909. The van der Waals surface area contributed by atoms with Gasteiger partial charge in [0.15, 0.2) is 34.5 Å². The first-order chi connectivity index (χ1) is 48.9. The van der Waals surface area contributed by atoms with E-state index < -0.39 is 22.4 Å². The van der Waals surface area contributed by atoms with E-state index in [1.165, 1.54) is 91.5 Å². The lowest BCUT2D eigenvalue weighted by molar-refractivity contribution is -0.312. The van der Waals surface area contributed by atoms with Gasteiger partial charge in [0.25, 0.3) is 0 Å². The van der Waals surface area contributed by atoms with Gasteiger partial charge in [-0.25, -0.2) is 0 Å². The number of rotatable bonds is 15. The summed E-state index contributed by atoms with van der Waals surface area (Å²) in [6, 6.07) is 21.6. The molecule has 19 atom stereocenters. The number of phenolic OH excluding ortho intramolecular Hbond substituents is 2. The number of aliphatic hydroxyl groups is 1. The molecule has 12 bridgehead atoms. The Balaban J connectivity index is 0.000000103. The molecule has 6 spiro atoms. The monoisotopic (exact) mass is 1450 g/mol. The summed E-state index contributed by atoms with van der Waals surface area (Å²) in [5, 5.41) is 33.9. The van der Waals surface area contributed by atoms with Gasteiger partial charge in [-0.15, -0.1) is 0 Å². The smallest absolute Gasteiger partial charge is 0.166 e. The number of carbonyl (C=O) groups is 2. The number of ketones is 2. The summed E-state index contributed by atoms with van der Waals surface area (Å²) in [7, 11) is 5.35. The van der Waals surface area contributed by atoms with E-state index in [9.17, 15) is 24.9 Å². The first-order valence-corrected chi connectivity index (χ1v) is 40.3. The van der Waals surface area contributed by atoms with Crippen LogP contribution >= 0.6 is 15.9 Å². The van der Waals surface area contributed by atoms with Gasteiger partial charge in [-0.2, -0.15) is 0 Å². The maximum absolute atomic E-state index is 13.2. The van der Waals surface area contributed by atoms with Gasteiger partial charge in [0.2, 0.25) is 0 Å². The lowest BCUT2D eigenvalue weighted by Crippen LogP contribution is -2.83. The van der Waals surface area contributed by atoms with E-state index >= 15 is 0 Å². The predicted octanol–water partition coefficient (Wildman–Crippen LogP) is 13.2. The minimum Gasteiger partial charge on any atom is -0.504 e. The maximum atomic E-state index is 13.2. The Morgan fingerprint density at radius 2 is 1.09 bits per heavy atom. The standard InChI is InChI=1S/C32H34BrNO4.C29H41NO4.C25H31NO4/c1-19(35)23-16-30-10-11-32(23,36-2)29-31(30)12-13-34(17-20-8-9-20)26(30)14-22-24(33)15-25(28(38-29)27(22)31)37-18-21-6-4-3-5-7-21;1-25(2,3)26(4,32)20-15-27-10-11-29(20,33-5)24-28(27)12-13-30(16-17-6-7-17)21(27)14-18-8-9-19(31)23(34-24)22(18)28;1-14(27)17-12-23-7-8-25(17,29-2)22-24(23)9-10-26(13-15-3-4-15)19(23)11-16-5-6-18(28)21(30-22)20(16)24/h3-7,10-11,15,20,23,26,29H,8-9,12-14,16-18H2,1-2H3;8-9,17,20-21,24,31-32H,6-7,10-16H2,1-5H3;5-6,15,17,19,22,28H,3-4,7-13H2,1-2H3/t23-,26?,29-,30-,31+,32-;20-,21?,24-,26?,27-,28+,29-;17-,19?,22-,23-,24+,25-/m000/s1. The summed E-state index contributed by atoms with van der Waals surface area (Å²) < 4.78 is 47.5. The number of carbonyl (C=O) groups excluding carboxylic acids is 2. The van der Waals surface area contributed by atoms with E-state index in [1.54, 1.807) is 28.1 Å². The summed E-state index contributed by atoms with van der Waals surface area (Å²) in [6.07, 6.45) is 25.0. The van der Waals surface area contributed by atoms with Crippen LogP contribution in [0.4, 0.5) is 0 Å². The van der Waals surface area contributed by atoms with Crippen LogP contribution in [0.2, 0.25) is 0 Å². The Bertz CT molecular complexity index is 4240. The molecular weight excluding hydrogens is 1350 g/mol. The predicted molar refractivity (Wildman–Crippen MR) is 389 cm³/mol. The van der Waals surface area contributed by atoms with E-state index in [4.69, 9.17) is 33.2 Å². The van der Waals surface area contributed by atoms with Crippen LogP contribution in [0.3, 0.4) is 0 Å². The van der Waals surface area contributed by atoms with Gasteiger partial charge >= 0.3 is 0 Å². The van der Waals surface area contributed by atoms with E-state index in [1.807, 2.05) is 44.4 Å². The second-order valence-electron chi connectivity index (χ2n) is 37.3. The molecular formula is C86H106BrN3O12. The second-order valence-corrected chi connectivity index (χ2v) is 38.1. The largest absolute Gasteiger partial charge is 0.504 e.